The van der Waals surface area contributed by atoms with Crippen LogP contribution in [-0.4, -0.2) is 47.7 Å². The topological polar surface area (TPSA) is 79.0 Å². The van der Waals surface area contributed by atoms with Gasteiger partial charge in [-0.1, -0.05) is 23.8 Å². The van der Waals surface area contributed by atoms with E-state index in [1.54, 1.807) is 24.3 Å². The Bertz CT molecular complexity index is 1280. The largest absolute Gasteiger partial charge is 0.378 e. The summed E-state index contributed by atoms with van der Waals surface area (Å²) in [4.78, 5) is 15.3. The van der Waals surface area contributed by atoms with Gasteiger partial charge >= 0.3 is 0 Å². The molecule has 1 fully saturated rings. The number of anilines is 3. The molecule has 4 rings (SSSR count). The first-order valence-corrected chi connectivity index (χ1v) is 12.6. The fourth-order valence-corrected chi connectivity index (χ4v) is 5.09. The number of ether oxygens (including phenoxy) is 1. The summed E-state index contributed by atoms with van der Waals surface area (Å²) in [5.41, 5.74) is 4.58. The smallest absolute Gasteiger partial charge is 0.264 e. The fourth-order valence-electron chi connectivity index (χ4n) is 3.85. The molecule has 178 valence electrons. The highest BCUT2D eigenvalue weighted by Crippen LogP contribution is 2.26. The van der Waals surface area contributed by atoms with E-state index < -0.39 is 10.0 Å². The Labute approximate surface area is 201 Å². The second kappa shape index (κ2) is 9.87. The second-order valence-corrected chi connectivity index (χ2v) is 10.4. The SMILES string of the molecule is Cc1ccc(N(C)S(=O)(=O)c2cccc(C(=O)Nc3ccc(N4CCOCC4)cc3C)c2)cc1. The second-order valence-electron chi connectivity index (χ2n) is 8.39. The van der Waals surface area contributed by atoms with Crippen LogP contribution < -0.4 is 14.5 Å². The molecule has 1 aliphatic rings. The number of amides is 1. The predicted octanol–water partition coefficient (Wildman–Crippen LogP) is 4.22. The minimum Gasteiger partial charge on any atom is -0.378 e. The summed E-state index contributed by atoms with van der Waals surface area (Å²) in [5, 5.41) is 2.91. The molecule has 1 N–H and O–H groups in total. The molecule has 0 atom stereocenters. The molecular formula is C26H29N3O4S. The van der Waals surface area contributed by atoms with Crippen molar-refractivity contribution in [3.8, 4) is 0 Å². The van der Waals surface area contributed by atoms with Gasteiger partial charge in [0, 0.05) is 37.1 Å². The Kier molecular flexibility index (Phi) is 6.90. The van der Waals surface area contributed by atoms with E-state index in [2.05, 4.69) is 10.2 Å². The van der Waals surface area contributed by atoms with Crippen LogP contribution in [0.3, 0.4) is 0 Å². The minimum absolute atomic E-state index is 0.0580. The van der Waals surface area contributed by atoms with E-state index in [9.17, 15) is 13.2 Å². The number of aryl methyl sites for hydroxylation is 2. The number of nitrogens with one attached hydrogen (secondary N) is 1. The van der Waals surface area contributed by atoms with Gasteiger partial charge in [0.15, 0.2) is 0 Å². The first kappa shape index (κ1) is 23.8. The zero-order valence-electron chi connectivity index (χ0n) is 19.6. The molecule has 0 aliphatic carbocycles. The zero-order chi connectivity index (χ0) is 24.3. The van der Waals surface area contributed by atoms with Gasteiger partial charge in [-0.25, -0.2) is 8.42 Å². The summed E-state index contributed by atoms with van der Waals surface area (Å²) in [6.45, 7) is 6.97. The maximum absolute atomic E-state index is 13.2. The molecule has 1 aliphatic heterocycles. The molecule has 0 unspecified atom stereocenters. The lowest BCUT2D eigenvalue weighted by Crippen LogP contribution is -2.36. The van der Waals surface area contributed by atoms with Gasteiger partial charge in [-0.15, -0.1) is 0 Å². The van der Waals surface area contributed by atoms with Crippen molar-refractivity contribution in [3.63, 3.8) is 0 Å². The molecule has 1 heterocycles. The number of hydrogen-bond donors (Lipinski definition) is 1. The van der Waals surface area contributed by atoms with Crippen molar-refractivity contribution in [2.24, 2.45) is 0 Å². The quantitative estimate of drug-likeness (QED) is 0.573. The van der Waals surface area contributed by atoms with E-state index in [0.29, 0.717) is 24.6 Å². The third-order valence-electron chi connectivity index (χ3n) is 5.99. The van der Waals surface area contributed by atoms with Crippen LogP contribution in [0.25, 0.3) is 0 Å². The average Bonchev–Trinajstić information content (AvgIpc) is 2.86. The Morgan fingerprint density at radius 2 is 1.68 bits per heavy atom. The lowest BCUT2D eigenvalue weighted by Gasteiger charge is -2.29. The van der Waals surface area contributed by atoms with Crippen molar-refractivity contribution >= 4 is 33.0 Å². The third kappa shape index (κ3) is 5.08. The molecule has 1 saturated heterocycles. The highest BCUT2D eigenvalue weighted by Gasteiger charge is 2.23. The predicted molar refractivity (Wildman–Crippen MR) is 135 cm³/mol. The lowest BCUT2D eigenvalue weighted by atomic mass is 10.1. The molecule has 3 aromatic rings. The number of morpholine rings is 1. The van der Waals surface area contributed by atoms with Crippen molar-refractivity contribution in [1.29, 1.82) is 0 Å². The first-order valence-electron chi connectivity index (χ1n) is 11.2. The molecule has 0 saturated carbocycles. The number of benzene rings is 3. The van der Waals surface area contributed by atoms with Gasteiger partial charge in [0.1, 0.15) is 0 Å². The van der Waals surface area contributed by atoms with Gasteiger partial charge in [-0.3, -0.25) is 9.10 Å². The van der Waals surface area contributed by atoms with Crippen molar-refractivity contribution in [2.75, 3.05) is 47.9 Å². The van der Waals surface area contributed by atoms with E-state index >= 15 is 0 Å². The van der Waals surface area contributed by atoms with E-state index in [4.69, 9.17) is 4.74 Å². The Morgan fingerprint density at radius 1 is 0.971 bits per heavy atom. The van der Waals surface area contributed by atoms with E-state index in [0.717, 1.165) is 29.9 Å². The van der Waals surface area contributed by atoms with Gasteiger partial charge in [-0.2, -0.15) is 0 Å². The summed E-state index contributed by atoms with van der Waals surface area (Å²) in [5.74, 6) is -0.364. The molecule has 0 radical (unpaired) electrons. The van der Waals surface area contributed by atoms with Crippen LogP contribution in [0.5, 0.6) is 0 Å². The van der Waals surface area contributed by atoms with Crippen LogP contribution in [0.15, 0.2) is 71.6 Å². The van der Waals surface area contributed by atoms with E-state index in [1.807, 2.05) is 44.2 Å². The van der Waals surface area contributed by atoms with Crippen LogP contribution in [0.4, 0.5) is 17.1 Å². The summed E-state index contributed by atoms with van der Waals surface area (Å²) in [7, 11) is -2.32. The number of rotatable bonds is 6. The third-order valence-corrected chi connectivity index (χ3v) is 7.77. The van der Waals surface area contributed by atoms with Crippen molar-refractivity contribution in [3.05, 3.63) is 83.4 Å². The van der Waals surface area contributed by atoms with Crippen LogP contribution in [0.1, 0.15) is 21.5 Å². The molecule has 0 spiro atoms. The maximum Gasteiger partial charge on any atom is 0.264 e. The number of nitrogens with zero attached hydrogens (tertiary/aromatic N) is 2. The number of carbonyl (C=O) groups is 1. The minimum atomic E-state index is -3.82. The average molecular weight is 480 g/mol. The van der Waals surface area contributed by atoms with E-state index in [1.165, 1.54) is 23.5 Å². The summed E-state index contributed by atoms with van der Waals surface area (Å²) < 4.78 is 33.0. The molecule has 0 aromatic heterocycles. The van der Waals surface area contributed by atoms with Crippen LogP contribution in [0, 0.1) is 13.8 Å². The molecule has 34 heavy (non-hydrogen) atoms. The Morgan fingerprint density at radius 3 is 2.35 bits per heavy atom. The summed E-state index contributed by atoms with van der Waals surface area (Å²) in [6, 6.07) is 19.2. The lowest BCUT2D eigenvalue weighted by molar-refractivity contribution is 0.102. The van der Waals surface area contributed by atoms with Crippen LogP contribution in [-0.2, 0) is 14.8 Å². The fraction of sp³-hybridized carbons (Fsp3) is 0.269. The maximum atomic E-state index is 13.2. The summed E-state index contributed by atoms with van der Waals surface area (Å²) >= 11 is 0. The normalized spacial score (nSPS) is 14.0. The van der Waals surface area contributed by atoms with Crippen LogP contribution >= 0.6 is 0 Å². The van der Waals surface area contributed by atoms with Gasteiger partial charge in [-0.05, 0) is 67.9 Å². The van der Waals surface area contributed by atoms with Crippen molar-refractivity contribution in [2.45, 2.75) is 18.7 Å². The Hall–Kier alpha value is -3.36. The Balaban J connectivity index is 1.52. The number of carbonyl (C=O) groups excluding carboxylic acids is 1. The molecule has 3 aromatic carbocycles. The van der Waals surface area contributed by atoms with Crippen molar-refractivity contribution < 1.29 is 17.9 Å². The van der Waals surface area contributed by atoms with Gasteiger partial charge in [0.2, 0.25) is 0 Å². The monoisotopic (exact) mass is 479 g/mol. The molecule has 1 amide bonds. The van der Waals surface area contributed by atoms with Crippen molar-refractivity contribution in [1.82, 2.24) is 0 Å². The van der Waals surface area contributed by atoms with Gasteiger partial charge in [0.25, 0.3) is 15.9 Å². The van der Waals surface area contributed by atoms with E-state index in [-0.39, 0.29) is 16.4 Å². The molecule has 7 nitrogen and oxygen atoms in total. The molecule has 0 bridgehead atoms. The highest BCUT2D eigenvalue weighted by atomic mass is 32.2. The first-order chi connectivity index (χ1) is 16.3. The van der Waals surface area contributed by atoms with Gasteiger partial charge in [0.05, 0.1) is 23.8 Å². The van der Waals surface area contributed by atoms with Crippen LogP contribution in [0.2, 0.25) is 0 Å². The number of sulfonamides is 1. The molecular weight excluding hydrogens is 450 g/mol. The zero-order valence-corrected chi connectivity index (χ0v) is 20.4. The standard InChI is InChI=1S/C26H29N3O4S/c1-19-7-9-22(10-8-19)28(3)34(31,32)24-6-4-5-21(18-24)26(30)27-25-12-11-23(17-20(25)2)29-13-15-33-16-14-29/h4-12,17-18H,13-16H2,1-3H3,(H,27,30). The van der Waals surface area contributed by atoms with Gasteiger partial charge < -0.3 is 15.0 Å². The summed E-state index contributed by atoms with van der Waals surface area (Å²) in [6.07, 6.45) is 0. The highest BCUT2D eigenvalue weighted by molar-refractivity contribution is 7.92. The number of hydrogen-bond acceptors (Lipinski definition) is 5. The molecule has 8 heteroatoms.